The molecule has 20 heavy (non-hydrogen) atoms. The molecule has 5 heteroatoms. The Labute approximate surface area is 116 Å². The summed E-state index contributed by atoms with van der Waals surface area (Å²) in [6.45, 7) is 0. The Kier molecular flexibility index (Phi) is 4.16. The molecule has 0 aliphatic heterocycles. The highest BCUT2D eigenvalue weighted by Gasteiger charge is 2.33. The largest absolute Gasteiger partial charge is 0.481 e. The van der Waals surface area contributed by atoms with Crippen molar-refractivity contribution in [2.45, 2.75) is 12.8 Å². The zero-order valence-corrected chi connectivity index (χ0v) is 10.7. The second kappa shape index (κ2) is 6.02. The van der Waals surface area contributed by atoms with Crippen LogP contribution in [0.25, 0.3) is 0 Å². The Morgan fingerprint density at radius 3 is 2.60 bits per heavy atom. The van der Waals surface area contributed by atoms with Crippen LogP contribution in [0.15, 0.2) is 36.4 Å². The Morgan fingerprint density at radius 2 is 1.95 bits per heavy atom. The molecule has 1 aromatic rings. The van der Waals surface area contributed by atoms with E-state index in [1.54, 1.807) is 30.3 Å². The Balaban J connectivity index is 2.12. The number of nitrogens with one attached hydrogen (secondary N) is 1. The Bertz CT molecular complexity index is 601. The Morgan fingerprint density at radius 1 is 1.25 bits per heavy atom. The highest BCUT2D eigenvalue weighted by molar-refractivity contribution is 5.95. The van der Waals surface area contributed by atoms with Crippen LogP contribution < -0.4 is 5.32 Å². The van der Waals surface area contributed by atoms with Crippen molar-refractivity contribution in [3.8, 4) is 6.07 Å². The third-order valence-corrected chi connectivity index (χ3v) is 3.35. The maximum atomic E-state index is 12.2. The van der Waals surface area contributed by atoms with Crippen LogP contribution in [0.3, 0.4) is 0 Å². The first-order chi connectivity index (χ1) is 9.61. The van der Waals surface area contributed by atoms with Crippen molar-refractivity contribution in [3.05, 3.63) is 42.0 Å². The molecule has 1 aliphatic carbocycles. The monoisotopic (exact) mass is 270 g/mol. The molecule has 0 bridgehead atoms. The molecule has 1 aromatic carbocycles. The standard InChI is InChI=1S/C15H14N2O3/c16-9-10-4-3-5-11(8-10)17-14(18)12-6-1-2-7-13(12)15(19)20/h1-5,8,12-13H,6-7H2,(H,17,18)(H,19,20)/t12-,13+/m1/s1. The maximum absolute atomic E-state index is 12.2. The van der Waals surface area contributed by atoms with Crippen LogP contribution >= 0.6 is 0 Å². The minimum atomic E-state index is -0.958. The normalized spacial score (nSPS) is 20.9. The number of amides is 1. The van der Waals surface area contributed by atoms with E-state index in [0.717, 1.165) is 0 Å². The number of carbonyl (C=O) groups excluding carboxylic acids is 1. The average molecular weight is 270 g/mol. The number of allylic oxidation sites excluding steroid dienone is 2. The van der Waals surface area contributed by atoms with Crippen molar-refractivity contribution in [3.63, 3.8) is 0 Å². The second-order valence-corrected chi connectivity index (χ2v) is 4.68. The lowest BCUT2D eigenvalue weighted by molar-refractivity contribution is -0.146. The van der Waals surface area contributed by atoms with Crippen molar-refractivity contribution < 1.29 is 14.7 Å². The number of carboxylic acid groups (broad SMARTS) is 1. The first-order valence-corrected chi connectivity index (χ1v) is 6.30. The fraction of sp³-hybridized carbons (Fsp3) is 0.267. The predicted molar refractivity (Wildman–Crippen MR) is 72.8 cm³/mol. The summed E-state index contributed by atoms with van der Waals surface area (Å²) in [5, 5.41) is 20.6. The molecule has 2 rings (SSSR count). The molecule has 2 N–H and O–H groups in total. The zero-order valence-electron chi connectivity index (χ0n) is 10.7. The molecule has 0 saturated heterocycles. The van der Waals surface area contributed by atoms with Crippen molar-refractivity contribution in [2.75, 3.05) is 5.32 Å². The summed E-state index contributed by atoms with van der Waals surface area (Å²) in [6.07, 6.45) is 4.40. The van der Waals surface area contributed by atoms with Crippen LogP contribution in [0.1, 0.15) is 18.4 Å². The molecular formula is C15H14N2O3. The summed E-state index contributed by atoms with van der Waals surface area (Å²) in [7, 11) is 0. The van der Waals surface area contributed by atoms with Gasteiger partial charge >= 0.3 is 5.97 Å². The zero-order chi connectivity index (χ0) is 14.5. The first kappa shape index (κ1) is 13.8. The number of anilines is 1. The number of carboxylic acids is 1. The van der Waals surface area contributed by atoms with Gasteiger partial charge in [0.05, 0.1) is 23.5 Å². The summed E-state index contributed by atoms with van der Waals surface area (Å²) in [6, 6.07) is 8.53. The van der Waals surface area contributed by atoms with E-state index in [9.17, 15) is 9.59 Å². The van der Waals surface area contributed by atoms with E-state index in [-0.39, 0.29) is 5.91 Å². The summed E-state index contributed by atoms with van der Waals surface area (Å²) in [4.78, 5) is 23.4. The van der Waals surface area contributed by atoms with Gasteiger partial charge in [0.25, 0.3) is 0 Å². The van der Waals surface area contributed by atoms with Gasteiger partial charge in [0.1, 0.15) is 0 Å². The lowest BCUT2D eigenvalue weighted by Crippen LogP contribution is -2.34. The minimum Gasteiger partial charge on any atom is -0.481 e. The quantitative estimate of drug-likeness (QED) is 0.823. The molecular weight excluding hydrogens is 256 g/mol. The molecule has 102 valence electrons. The topological polar surface area (TPSA) is 90.2 Å². The predicted octanol–water partition coefficient (Wildman–Crippen LogP) is 2.16. The van der Waals surface area contributed by atoms with Gasteiger partial charge in [-0.25, -0.2) is 0 Å². The highest BCUT2D eigenvalue weighted by atomic mass is 16.4. The van der Waals surface area contributed by atoms with Crippen LogP contribution in [0.2, 0.25) is 0 Å². The van der Waals surface area contributed by atoms with E-state index in [1.165, 1.54) is 0 Å². The van der Waals surface area contributed by atoms with E-state index in [2.05, 4.69) is 5.32 Å². The van der Waals surface area contributed by atoms with Gasteiger partial charge in [-0.15, -0.1) is 0 Å². The van der Waals surface area contributed by atoms with Crippen LogP contribution in [0.4, 0.5) is 5.69 Å². The molecule has 1 amide bonds. The Hall–Kier alpha value is -2.61. The van der Waals surface area contributed by atoms with E-state index in [4.69, 9.17) is 10.4 Å². The third kappa shape index (κ3) is 3.04. The highest BCUT2D eigenvalue weighted by Crippen LogP contribution is 2.27. The lowest BCUT2D eigenvalue weighted by atomic mass is 9.82. The fourth-order valence-corrected chi connectivity index (χ4v) is 2.28. The molecule has 0 saturated carbocycles. The van der Waals surface area contributed by atoms with E-state index >= 15 is 0 Å². The van der Waals surface area contributed by atoms with Gasteiger partial charge in [0.2, 0.25) is 5.91 Å². The third-order valence-electron chi connectivity index (χ3n) is 3.35. The number of carbonyl (C=O) groups is 2. The van der Waals surface area contributed by atoms with Gasteiger partial charge in [-0.1, -0.05) is 18.2 Å². The molecule has 2 atom stereocenters. The molecule has 5 nitrogen and oxygen atoms in total. The van der Waals surface area contributed by atoms with Gasteiger partial charge < -0.3 is 10.4 Å². The van der Waals surface area contributed by atoms with Crippen LogP contribution in [-0.2, 0) is 9.59 Å². The molecule has 0 fully saturated rings. The number of benzene rings is 1. The SMILES string of the molecule is N#Cc1cccc(NC(=O)[C@@H]2CC=CC[C@@H]2C(=O)O)c1. The number of aliphatic carboxylic acids is 1. The van der Waals surface area contributed by atoms with Gasteiger partial charge in [0.15, 0.2) is 0 Å². The molecule has 0 radical (unpaired) electrons. The van der Waals surface area contributed by atoms with Crippen LogP contribution in [0.5, 0.6) is 0 Å². The average Bonchev–Trinajstić information content (AvgIpc) is 2.47. The molecule has 0 aromatic heterocycles. The summed E-state index contributed by atoms with van der Waals surface area (Å²) in [5.41, 5.74) is 0.953. The smallest absolute Gasteiger partial charge is 0.307 e. The van der Waals surface area contributed by atoms with E-state index in [1.807, 2.05) is 12.1 Å². The van der Waals surface area contributed by atoms with Gasteiger partial charge in [-0.3, -0.25) is 9.59 Å². The lowest BCUT2D eigenvalue weighted by Gasteiger charge is -2.24. The minimum absolute atomic E-state index is 0.322. The van der Waals surface area contributed by atoms with Gasteiger partial charge in [-0.2, -0.15) is 5.26 Å². The van der Waals surface area contributed by atoms with Crippen molar-refractivity contribution in [2.24, 2.45) is 11.8 Å². The van der Waals surface area contributed by atoms with Gasteiger partial charge in [0, 0.05) is 5.69 Å². The number of nitrogens with zero attached hydrogens (tertiary/aromatic N) is 1. The number of nitriles is 1. The number of rotatable bonds is 3. The van der Waals surface area contributed by atoms with Crippen LogP contribution in [-0.4, -0.2) is 17.0 Å². The van der Waals surface area contributed by atoms with Gasteiger partial charge in [-0.05, 0) is 31.0 Å². The second-order valence-electron chi connectivity index (χ2n) is 4.68. The van der Waals surface area contributed by atoms with E-state index in [0.29, 0.717) is 24.1 Å². The summed E-state index contributed by atoms with van der Waals surface area (Å²) >= 11 is 0. The van der Waals surface area contributed by atoms with E-state index < -0.39 is 17.8 Å². The number of hydrogen-bond acceptors (Lipinski definition) is 3. The van der Waals surface area contributed by atoms with Crippen molar-refractivity contribution in [1.29, 1.82) is 5.26 Å². The molecule has 0 heterocycles. The summed E-state index contributed by atoms with van der Waals surface area (Å²) in [5.74, 6) is -2.56. The molecule has 0 unspecified atom stereocenters. The maximum Gasteiger partial charge on any atom is 0.307 e. The first-order valence-electron chi connectivity index (χ1n) is 6.30. The molecule has 1 aliphatic rings. The summed E-state index contributed by atoms with van der Waals surface area (Å²) < 4.78 is 0. The number of hydrogen-bond donors (Lipinski definition) is 2. The van der Waals surface area contributed by atoms with Crippen molar-refractivity contribution >= 4 is 17.6 Å². The van der Waals surface area contributed by atoms with Crippen LogP contribution in [0, 0.1) is 23.2 Å². The van der Waals surface area contributed by atoms with Crippen molar-refractivity contribution in [1.82, 2.24) is 0 Å². The molecule has 0 spiro atoms. The fourth-order valence-electron chi connectivity index (χ4n) is 2.28.